The molecular weight excluding hydrogens is 724 g/mol. The molecule has 0 saturated carbocycles. The molecule has 0 amide bonds. The largest absolute Gasteiger partial charge is 0.491 e. The van der Waals surface area contributed by atoms with Gasteiger partial charge in [0.05, 0.1) is 6.61 Å². The quantitative estimate of drug-likeness (QED) is 0.114. The molecule has 0 aliphatic heterocycles. The highest BCUT2D eigenvalue weighted by molar-refractivity contribution is 6.30. The van der Waals surface area contributed by atoms with E-state index < -0.39 is 5.95 Å². The van der Waals surface area contributed by atoms with E-state index in [0.717, 1.165) is 6.07 Å². The van der Waals surface area contributed by atoms with Crippen LogP contribution in [0.3, 0.4) is 0 Å². The number of aliphatic hydroxyl groups excluding tert-OH is 1. The molecule has 1 N–H and O–H groups in total. The second-order valence-electron chi connectivity index (χ2n) is 9.97. The van der Waals surface area contributed by atoms with E-state index in [4.69, 9.17) is 42.5 Å². The predicted octanol–water partition coefficient (Wildman–Crippen LogP) is 7.34. The van der Waals surface area contributed by atoms with Gasteiger partial charge in [-0.2, -0.15) is 4.39 Å². The minimum absolute atomic E-state index is 0. The number of pyridine rings is 4. The van der Waals surface area contributed by atoms with Gasteiger partial charge in [-0.1, -0.05) is 30.6 Å². The summed E-state index contributed by atoms with van der Waals surface area (Å²) in [5, 5.41) is 9.52. The van der Waals surface area contributed by atoms with Crippen LogP contribution in [-0.2, 0) is 0 Å². The van der Waals surface area contributed by atoms with Crippen LogP contribution in [0, 0.1) is 17.6 Å². The number of rotatable bonds is 10. The summed E-state index contributed by atoms with van der Waals surface area (Å²) in [6, 6.07) is 23.2. The minimum atomic E-state index is -0.544. The van der Waals surface area contributed by atoms with E-state index in [0.29, 0.717) is 38.8 Å². The number of hydrogen-bond acceptors (Lipinski definition) is 8. The number of benzene rings is 2. The van der Waals surface area contributed by atoms with Crippen LogP contribution in [0.1, 0.15) is 7.43 Å². The van der Waals surface area contributed by atoms with E-state index in [1.165, 1.54) is 82.1 Å². The molecule has 0 aliphatic rings. The van der Waals surface area contributed by atoms with E-state index in [2.05, 4.69) is 9.97 Å². The van der Waals surface area contributed by atoms with Crippen molar-refractivity contribution in [3.8, 4) is 28.8 Å². The summed E-state index contributed by atoms with van der Waals surface area (Å²) < 4.78 is 56.5. The fourth-order valence-corrected chi connectivity index (χ4v) is 4.34. The maximum atomic E-state index is 13.0. The van der Waals surface area contributed by atoms with Gasteiger partial charge in [-0.15, -0.1) is 0 Å². The van der Waals surface area contributed by atoms with Crippen molar-refractivity contribution in [1.82, 2.24) is 19.1 Å². The zero-order valence-corrected chi connectivity index (χ0v) is 28.1. The van der Waals surface area contributed by atoms with Crippen molar-refractivity contribution in [1.29, 1.82) is 0 Å². The van der Waals surface area contributed by atoms with E-state index in [1.807, 2.05) is 0 Å². The number of nitrogens with zero attached hydrogens (tertiary/aromatic N) is 4. The average molecular weight is 758 g/mol. The second kappa shape index (κ2) is 20.9. The Bertz CT molecular complexity index is 2100. The molecule has 6 aromatic rings. The van der Waals surface area contributed by atoms with Crippen molar-refractivity contribution in [3.05, 3.63) is 170 Å². The third-order valence-electron chi connectivity index (χ3n) is 6.34. The summed E-state index contributed by atoms with van der Waals surface area (Å²) in [6.07, 6.45) is 5.98. The summed E-state index contributed by atoms with van der Waals surface area (Å²) in [6.45, 7) is 0.531. The minimum Gasteiger partial charge on any atom is -0.491 e. The lowest BCUT2D eigenvalue weighted by Crippen LogP contribution is -2.17. The molecule has 0 bridgehead atoms. The van der Waals surface area contributed by atoms with Crippen LogP contribution in [-0.4, -0.2) is 50.6 Å². The zero-order valence-electron chi connectivity index (χ0n) is 26.5. The Morgan fingerprint density at radius 3 is 1.48 bits per heavy atom. The molecule has 2 aromatic carbocycles. The normalized spacial score (nSPS) is 10.0. The topological polar surface area (TPSA) is 118 Å². The third kappa shape index (κ3) is 13.2. The Hall–Kier alpha value is -5.63. The third-order valence-corrected chi connectivity index (χ3v) is 6.81. The molecule has 0 atom stereocenters. The highest BCUT2D eigenvalue weighted by Crippen LogP contribution is 2.15. The molecule has 10 nitrogen and oxygen atoms in total. The lowest BCUT2D eigenvalue weighted by molar-refractivity contribution is 0.201. The van der Waals surface area contributed by atoms with Crippen LogP contribution in [0.4, 0.5) is 13.2 Å². The van der Waals surface area contributed by atoms with Gasteiger partial charge in [-0.25, -0.2) is 18.7 Å². The number of halogens is 5. The van der Waals surface area contributed by atoms with Crippen molar-refractivity contribution >= 4 is 23.2 Å². The Labute approximate surface area is 306 Å². The van der Waals surface area contributed by atoms with Crippen LogP contribution in [0.5, 0.6) is 17.4 Å². The van der Waals surface area contributed by atoms with Crippen molar-refractivity contribution in [2.45, 2.75) is 7.43 Å². The van der Waals surface area contributed by atoms with Gasteiger partial charge >= 0.3 is 0 Å². The predicted molar refractivity (Wildman–Crippen MR) is 193 cm³/mol. The van der Waals surface area contributed by atoms with Gasteiger partial charge in [-0.3, -0.25) is 18.7 Å². The summed E-state index contributed by atoms with van der Waals surface area (Å²) >= 11 is 11.2. The van der Waals surface area contributed by atoms with Gasteiger partial charge < -0.3 is 19.3 Å². The number of aliphatic hydroxyl groups is 1. The van der Waals surface area contributed by atoms with Crippen LogP contribution in [0.25, 0.3) is 11.4 Å². The first-order valence-electron chi connectivity index (χ1n) is 15.0. The molecule has 4 heterocycles. The van der Waals surface area contributed by atoms with Crippen LogP contribution >= 0.6 is 23.2 Å². The molecule has 4 aromatic heterocycles. The first-order chi connectivity index (χ1) is 24.6. The molecule has 0 unspecified atom stereocenters. The van der Waals surface area contributed by atoms with Crippen molar-refractivity contribution < 1.29 is 32.5 Å². The first kappa shape index (κ1) is 40.8. The molecule has 0 saturated heterocycles. The van der Waals surface area contributed by atoms with Gasteiger partial charge in [0.1, 0.15) is 43.0 Å². The van der Waals surface area contributed by atoms with E-state index in [-0.39, 0.29) is 56.6 Å². The number of aromatic nitrogens is 4. The van der Waals surface area contributed by atoms with Gasteiger partial charge in [0.2, 0.25) is 11.8 Å². The van der Waals surface area contributed by atoms with Gasteiger partial charge in [0.25, 0.3) is 11.1 Å². The molecule has 0 radical (unpaired) electrons. The molecule has 52 heavy (non-hydrogen) atoms. The Balaban J connectivity index is 0.000000235. The smallest absolute Gasteiger partial charge is 0.258 e. The monoisotopic (exact) mass is 756 g/mol. The first-order valence-corrected chi connectivity index (χ1v) is 15.7. The Kier molecular flexibility index (Phi) is 16.4. The number of hydrogen-bond donors (Lipinski definition) is 1. The van der Waals surface area contributed by atoms with E-state index in [1.54, 1.807) is 42.9 Å². The summed E-state index contributed by atoms with van der Waals surface area (Å²) in [5.41, 5.74) is 0.599. The lowest BCUT2D eigenvalue weighted by Gasteiger charge is -2.09. The summed E-state index contributed by atoms with van der Waals surface area (Å²) in [5.74, 6) is -0.0283. The molecular formula is C37H33Cl2F3N4O6. The molecule has 0 spiro atoms. The average Bonchev–Trinajstić information content (AvgIpc) is 3.11. The summed E-state index contributed by atoms with van der Waals surface area (Å²) in [4.78, 5) is 31.3. The molecule has 0 fully saturated rings. The van der Waals surface area contributed by atoms with E-state index in [9.17, 15) is 22.8 Å². The molecule has 272 valence electrons. The fourth-order valence-electron chi connectivity index (χ4n) is 4.04. The van der Waals surface area contributed by atoms with Crippen molar-refractivity contribution in [3.63, 3.8) is 0 Å². The van der Waals surface area contributed by atoms with Crippen molar-refractivity contribution in [2.75, 3.05) is 26.4 Å². The van der Waals surface area contributed by atoms with Crippen molar-refractivity contribution in [2.24, 2.45) is 0 Å². The van der Waals surface area contributed by atoms with Gasteiger partial charge in [0, 0.05) is 70.5 Å². The second-order valence-corrected chi connectivity index (χ2v) is 10.8. The molecule has 0 aliphatic carbocycles. The fraction of sp³-hybridized carbons (Fsp3) is 0.135. The molecule has 15 heteroatoms. The highest BCUT2D eigenvalue weighted by atomic mass is 35.5. The highest BCUT2D eigenvalue weighted by Gasteiger charge is 2.04. The summed E-state index contributed by atoms with van der Waals surface area (Å²) in [7, 11) is 0. The lowest BCUT2D eigenvalue weighted by atomic mass is 10.3. The molecule has 6 rings (SSSR count). The number of ether oxygens (including phenoxy) is 3. The van der Waals surface area contributed by atoms with E-state index >= 15 is 0 Å². The van der Waals surface area contributed by atoms with Crippen LogP contribution in [0.15, 0.2) is 131 Å². The SMILES string of the molecule is C.Fc1cc(Cl)ccn1.O=c1cc(OCCO)ccn1-c1ccc(F)cc1.O=c1cc(OCCOc2cc(Cl)ccn2)ccn1-c1ccc(F)cc1. The van der Waals surface area contributed by atoms with Gasteiger partial charge in [-0.05, 0) is 72.8 Å². The zero-order chi connectivity index (χ0) is 36.6. The maximum absolute atomic E-state index is 13.0. The van der Waals surface area contributed by atoms with Crippen LogP contribution < -0.4 is 25.3 Å². The Morgan fingerprint density at radius 1 is 0.596 bits per heavy atom. The van der Waals surface area contributed by atoms with Gasteiger partial charge in [0.15, 0.2) is 0 Å². The Morgan fingerprint density at radius 2 is 1.06 bits per heavy atom. The standard InChI is InChI=1S/C18H14ClFN2O3.C13H12FNO3.C5H3ClFN.CH4/c19-13-5-7-21-17(11-13)25-10-9-24-16-6-8-22(18(23)12-16)15-3-1-14(20)2-4-15;14-10-1-3-11(4-2-10)15-6-5-12(9-13(15)17)18-8-7-16;6-4-1-2-8-5(7)3-4;/h1-8,11-12H,9-10H2;1-6,9,16H,7-8H2;1-3H;1H4. The van der Waals surface area contributed by atoms with Crippen LogP contribution in [0.2, 0.25) is 10.0 Å². The maximum Gasteiger partial charge on any atom is 0.258 e.